The summed E-state index contributed by atoms with van der Waals surface area (Å²) in [4.78, 5) is 42.7. The second-order valence-corrected chi connectivity index (χ2v) is 9.32. The lowest BCUT2D eigenvalue weighted by Crippen LogP contribution is -2.29. The van der Waals surface area contributed by atoms with Gasteiger partial charge >= 0.3 is 0 Å². The fraction of sp³-hybridized carbons (Fsp3) is 0.259. The van der Waals surface area contributed by atoms with E-state index in [0.29, 0.717) is 22.6 Å². The van der Waals surface area contributed by atoms with Crippen LogP contribution < -0.4 is 10.9 Å². The van der Waals surface area contributed by atoms with Crippen LogP contribution in [0.1, 0.15) is 65.9 Å². The van der Waals surface area contributed by atoms with Crippen LogP contribution in [0.4, 0.5) is 0 Å². The van der Waals surface area contributed by atoms with Crippen LogP contribution in [0.2, 0.25) is 0 Å². The number of aromatic amines is 1. The molecule has 0 bridgehead atoms. The molecule has 0 aliphatic rings. The predicted molar refractivity (Wildman–Crippen MR) is 138 cm³/mol. The number of hydrogen-bond donors (Lipinski definition) is 2. The first kappa shape index (κ1) is 23.3. The molecule has 9 nitrogen and oxygen atoms in total. The Morgan fingerprint density at radius 3 is 2.67 bits per heavy atom. The monoisotopic (exact) mass is 481 g/mol. The number of nitrogens with zero attached hydrogens (tertiary/aromatic N) is 5. The highest BCUT2D eigenvalue weighted by Crippen LogP contribution is 2.26. The average molecular weight is 482 g/mol. The van der Waals surface area contributed by atoms with Crippen molar-refractivity contribution in [3.8, 4) is 11.3 Å². The van der Waals surface area contributed by atoms with E-state index in [-0.39, 0.29) is 23.1 Å². The van der Waals surface area contributed by atoms with Crippen molar-refractivity contribution in [1.82, 2.24) is 34.9 Å². The maximum Gasteiger partial charge on any atom is 0.274 e. The molecule has 0 saturated heterocycles. The highest BCUT2D eigenvalue weighted by Gasteiger charge is 2.26. The van der Waals surface area contributed by atoms with Gasteiger partial charge in [-0.15, -0.1) is 0 Å². The highest BCUT2D eigenvalue weighted by atomic mass is 16.2. The molecule has 4 aromatic heterocycles. The first-order valence-electron chi connectivity index (χ1n) is 11.8. The first-order valence-corrected chi connectivity index (χ1v) is 11.8. The van der Waals surface area contributed by atoms with Crippen molar-refractivity contribution in [3.05, 3.63) is 87.6 Å². The van der Waals surface area contributed by atoms with Crippen molar-refractivity contribution in [3.63, 3.8) is 0 Å². The predicted octanol–water partition coefficient (Wildman–Crippen LogP) is 4.26. The Hall–Kier alpha value is -4.40. The Bertz CT molecular complexity index is 1680. The van der Waals surface area contributed by atoms with E-state index in [1.807, 2.05) is 58.9 Å². The zero-order valence-electron chi connectivity index (χ0n) is 20.8. The van der Waals surface area contributed by atoms with E-state index in [9.17, 15) is 9.59 Å². The van der Waals surface area contributed by atoms with Gasteiger partial charge in [0.1, 0.15) is 11.3 Å². The maximum atomic E-state index is 13.3. The van der Waals surface area contributed by atoms with E-state index in [1.54, 1.807) is 24.7 Å². The van der Waals surface area contributed by atoms with Crippen molar-refractivity contribution in [2.45, 2.75) is 46.6 Å². The Morgan fingerprint density at radius 2 is 1.92 bits per heavy atom. The van der Waals surface area contributed by atoms with Crippen molar-refractivity contribution in [2.75, 3.05) is 0 Å². The van der Waals surface area contributed by atoms with Gasteiger partial charge in [0.05, 0.1) is 23.4 Å². The number of carbonyl (C=O) groups excluding carboxylic acids is 1. The summed E-state index contributed by atoms with van der Waals surface area (Å²) >= 11 is 0. The smallest absolute Gasteiger partial charge is 0.274 e. The van der Waals surface area contributed by atoms with E-state index >= 15 is 0 Å². The van der Waals surface area contributed by atoms with Gasteiger partial charge < -0.3 is 10.3 Å². The van der Waals surface area contributed by atoms with E-state index in [2.05, 4.69) is 30.4 Å². The van der Waals surface area contributed by atoms with Crippen LogP contribution in [0.5, 0.6) is 0 Å². The van der Waals surface area contributed by atoms with Crippen molar-refractivity contribution >= 4 is 22.3 Å². The third-order valence-corrected chi connectivity index (χ3v) is 6.26. The van der Waals surface area contributed by atoms with Crippen molar-refractivity contribution in [1.29, 1.82) is 0 Å². The van der Waals surface area contributed by atoms with Gasteiger partial charge in [-0.3, -0.25) is 14.6 Å². The molecule has 0 aliphatic heterocycles. The molecule has 0 saturated carbocycles. The molecule has 5 rings (SSSR count). The lowest BCUT2D eigenvalue weighted by atomic mass is 10.0. The zero-order chi connectivity index (χ0) is 25.6. The van der Waals surface area contributed by atoms with E-state index in [0.717, 1.165) is 27.7 Å². The minimum atomic E-state index is -0.428. The number of hydrogen-bond acceptors (Lipinski definition) is 6. The molecule has 1 amide bonds. The van der Waals surface area contributed by atoms with Crippen LogP contribution in [0.15, 0.2) is 53.7 Å². The molecule has 0 aliphatic carbocycles. The molecule has 5 aromatic rings. The molecular weight excluding hydrogens is 454 g/mol. The van der Waals surface area contributed by atoms with Crippen LogP contribution in [-0.2, 0) is 0 Å². The van der Waals surface area contributed by atoms with Crippen LogP contribution in [0.25, 0.3) is 27.7 Å². The fourth-order valence-electron chi connectivity index (χ4n) is 4.42. The number of fused-ring (bicyclic) bond motifs is 2. The highest BCUT2D eigenvalue weighted by molar-refractivity contribution is 5.96. The van der Waals surface area contributed by atoms with Gasteiger partial charge in [0.2, 0.25) is 0 Å². The number of nitrogens with one attached hydrogen (secondary N) is 2. The number of rotatable bonds is 5. The summed E-state index contributed by atoms with van der Waals surface area (Å²) in [5, 5.41) is 8.48. The van der Waals surface area contributed by atoms with Gasteiger partial charge in [-0.2, -0.15) is 5.10 Å². The van der Waals surface area contributed by atoms with Crippen LogP contribution in [0.3, 0.4) is 0 Å². The number of amides is 1. The number of aromatic nitrogens is 6. The Kier molecular flexibility index (Phi) is 5.83. The second-order valence-electron chi connectivity index (χ2n) is 9.32. The van der Waals surface area contributed by atoms with Crippen LogP contribution in [-0.4, -0.2) is 35.5 Å². The van der Waals surface area contributed by atoms with Crippen molar-refractivity contribution < 1.29 is 4.79 Å². The number of aryl methyl sites for hydroxylation is 2. The molecule has 9 heteroatoms. The Labute approximate surface area is 207 Å². The molecule has 0 radical (unpaired) electrons. The summed E-state index contributed by atoms with van der Waals surface area (Å²) in [7, 11) is 0. The number of H-pyrrole nitrogens is 1. The SMILES string of the molecule is Cc1ccnc(C(C)NC(=O)c2nn3cc(-c4cnc5cccc(C)c5c4)[nH]c(=O)c3c2C(C)C)n1. The van der Waals surface area contributed by atoms with Gasteiger partial charge in [0.25, 0.3) is 11.5 Å². The van der Waals surface area contributed by atoms with Gasteiger partial charge in [-0.25, -0.2) is 14.5 Å². The standard InChI is InChI=1S/C27H27N7O2/c1-14(2)22-23(26(35)31-17(5)25-28-10-9-16(4)30-25)33-34-13-21(32-27(36)24(22)34)18-11-19-15(3)7-6-8-20(19)29-12-18/h6-14,17H,1-5H3,(H,31,35)(H,32,36). The van der Waals surface area contributed by atoms with Gasteiger partial charge in [0.15, 0.2) is 5.69 Å². The van der Waals surface area contributed by atoms with E-state index in [4.69, 9.17) is 0 Å². The second kappa shape index (κ2) is 8.99. The molecule has 36 heavy (non-hydrogen) atoms. The summed E-state index contributed by atoms with van der Waals surface area (Å²) in [6.07, 6.45) is 5.12. The third kappa shape index (κ3) is 4.13. The molecule has 1 atom stereocenters. The van der Waals surface area contributed by atoms with E-state index < -0.39 is 6.04 Å². The van der Waals surface area contributed by atoms with Crippen molar-refractivity contribution in [2.24, 2.45) is 0 Å². The summed E-state index contributed by atoms with van der Waals surface area (Å²) in [5.74, 6) is 0.0205. The summed E-state index contributed by atoms with van der Waals surface area (Å²) in [5.41, 5.74) is 4.95. The summed E-state index contributed by atoms with van der Waals surface area (Å²) < 4.78 is 1.49. The molecule has 0 spiro atoms. The minimum absolute atomic E-state index is 0.106. The van der Waals surface area contributed by atoms with Crippen LogP contribution >= 0.6 is 0 Å². The molecule has 1 aromatic carbocycles. The number of pyridine rings is 1. The van der Waals surface area contributed by atoms with Gasteiger partial charge in [-0.1, -0.05) is 26.0 Å². The van der Waals surface area contributed by atoms with Crippen LogP contribution in [0, 0.1) is 13.8 Å². The lowest BCUT2D eigenvalue weighted by Gasteiger charge is -2.13. The van der Waals surface area contributed by atoms with E-state index in [1.165, 1.54) is 4.52 Å². The molecule has 1 unspecified atom stereocenters. The fourth-order valence-corrected chi connectivity index (χ4v) is 4.42. The largest absolute Gasteiger partial charge is 0.341 e. The first-order chi connectivity index (χ1) is 17.2. The molecular formula is C27H27N7O2. The topological polar surface area (TPSA) is 118 Å². The summed E-state index contributed by atoms with van der Waals surface area (Å²) in [6.45, 7) is 9.58. The zero-order valence-corrected chi connectivity index (χ0v) is 20.8. The third-order valence-electron chi connectivity index (χ3n) is 6.26. The maximum absolute atomic E-state index is 13.3. The molecule has 4 heterocycles. The molecule has 2 N–H and O–H groups in total. The molecule has 182 valence electrons. The summed E-state index contributed by atoms with van der Waals surface area (Å²) in [6, 6.07) is 9.31. The minimum Gasteiger partial charge on any atom is -0.341 e. The molecule has 0 fully saturated rings. The van der Waals surface area contributed by atoms with Gasteiger partial charge in [-0.05, 0) is 50.5 Å². The normalized spacial score (nSPS) is 12.4. The number of benzene rings is 1. The lowest BCUT2D eigenvalue weighted by molar-refractivity contribution is 0.0931. The quantitative estimate of drug-likeness (QED) is 0.387. The Morgan fingerprint density at radius 1 is 1.11 bits per heavy atom. The Balaban J connectivity index is 1.58. The average Bonchev–Trinajstić information content (AvgIpc) is 3.25. The van der Waals surface area contributed by atoms with Gasteiger partial charge in [0, 0.05) is 34.6 Å². The number of carbonyl (C=O) groups is 1.